The molecule has 1 amide bonds. The summed E-state index contributed by atoms with van der Waals surface area (Å²) in [5, 5.41) is 15.3. The molecule has 0 aliphatic carbocycles. The van der Waals surface area contributed by atoms with Gasteiger partial charge in [-0.3, -0.25) is 4.79 Å². The minimum absolute atomic E-state index is 0.173. The van der Waals surface area contributed by atoms with Crippen molar-refractivity contribution in [2.75, 3.05) is 13.1 Å². The maximum atomic E-state index is 12.5. The molecule has 0 aromatic rings. The summed E-state index contributed by atoms with van der Waals surface area (Å²) >= 11 is 0. The average Bonchev–Trinajstić information content (AvgIpc) is 2.34. The standard InChI is InChI=1S/C15H28N2O3/c1-14(2,3)11(12(18)19)17-13(20)15(4,5)10-7-6-8-16-9-10/h10-11,16H,6-9H2,1-5H3,(H,17,20)(H,18,19). The Kier molecular flexibility index (Phi) is 5.19. The molecule has 1 fully saturated rings. The van der Waals surface area contributed by atoms with Crippen LogP contribution in [0, 0.1) is 16.7 Å². The second kappa shape index (κ2) is 6.12. The molecule has 1 rings (SSSR count). The highest BCUT2D eigenvalue weighted by Crippen LogP contribution is 2.32. The van der Waals surface area contributed by atoms with Crippen molar-refractivity contribution in [2.45, 2.75) is 53.5 Å². The fourth-order valence-electron chi connectivity index (χ4n) is 2.62. The largest absolute Gasteiger partial charge is 0.480 e. The van der Waals surface area contributed by atoms with Gasteiger partial charge in [-0.1, -0.05) is 34.6 Å². The van der Waals surface area contributed by atoms with Crippen LogP contribution in [-0.2, 0) is 9.59 Å². The van der Waals surface area contributed by atoms with Gasteiger partial charge in [0.15, 0.2) is 0 Å². The topological polar surface area (TPSA) is 78.4 Å². The van der Waals surface area contributed by atoms with Crippen LogP contribution >= 0.6 is 0 Å². The Balaban J connectivity index is 2.79. The Bertz CT molecular complexity index is 366. The predicted molar refractivity (Wildman–Crippen MR) is 78.4 cm³/mol. The predicted octanol–water partition coefficient (Wildman–Crippen LogP) is 1.63. The molecule has 0 aromatic carbocycles. The van der Waals surface area contributed by atoms with Crippen LogP contribution in [-0.4, -0.2) is 36.1 Å². The van der Waals surface area contributed by atoms with Crippen LogP contribution in [0.5, 0.6) is 0 Å². The lowest BCUT2D eigenvalue weighted by Gasteiger charge is -2.38. The van der Waals surface area contributed by atoms with Crippen molar-refractivity contribution >= 4 is 11.9 Å². The van der Waals surface area contributed by atoms with E-state index in [4.69, 9.17) is 0 Å². The van der Waals surface area contributed by atoms with Crippen molar-refractivity contribution in [3.05, 3.63) is 0 Å². The molecule has 116 valence electrons. The van der Waals surface area contributed by atoms with Crippen LogP contribution in [0.2, 0.25) is 0 Å². The lowest BCUT2D eigenvalue weighted by molar-refractivity contribution is -0.147. The summed E-state index contributed by atoms with van der Waals surface area (Å²) in [6.45, 7) is 11.1. The molecule has 1 aliphatic heterocycles. The summed E-state index contributed by atoms with van der Waals surface area (Å²) in [4.78, 5) is 23.9. The first kappa shape index (κ1) is 17.0. The molecule has 1 aliphatic rings. The Morgan fingerprint density at radius 3 is 2.25 bits per heavy atom. The monoisotopic (exact) mass is 284 g/mol. The molecule has 0 spiro atoms. The van der Waals surface area contributed by atoms with Crippen LogP contribution in [0.15, 0.2) is 0 Å². The average molecular weight is 284 g/mol. The van der Waals surface area contributed by atoms with Crippen LogP contribution in [0.1, 0.15) is 47.5 Å². The smallest absolute Gasteiger partial charge is 0.326 e. The Morgan fingerprint density at radius 1 is 1.25 bits per heavy atom. The quantitative estimate of drug-likeness (QED) is 0.733. The van der Waals surface area contributed by atoms with Crippen molar-refractivity contribution < 1.29 is 14.7 Å². The third-order valence-corrected chi connectivity index (χ3v) is 4.29. The van der Waals surface area contributed by atoms with E-state index < -0.39 is 22.8 Å². The first-order valence-electron chi connectivity index (χ1n) is 7.31. The molecule has 2 unspecified atom stereocenters. The number of carbonyl (C=O) groups is 2. The maximum Gasteiger partial charge on any atom is 0.326 e. The zero-order valence-electron chi connectivity index (χ0n) is 13.2. The van der Waals surface area contributed by atoms with Gasteiger partial charge in [0, 0.05) is 5.41 Å². The van der Waals surface area contributed by atoms with Gasteiger partial charge in [0.2, 0.25) is 5.91 Å². The van der Waals surface area contributed by atoms with Crippen LogP contribution in [0.4, 0.5) is 0 Å². The van der Waals surface area contributed by atoms with E-state index in [1.54, 1.807) is 0 Å². The molecule has 0 radical (unpaired) electrons. The molecule has 0 saturated carbocycles. The number of rotatable bonds is 4. The molecular formula is C15H28N2O3. The second-order valence-electron chi connectivity index (χ2n) is 7.38. The number of amides is 1. The highest BCUT2D eigenvalue weighted by molar-refractivity contribution is 5.87. The minimum Gasteiger partial charge on any atom is -0.480 e. The van der Waals surface area contributed by atoms with E-state index in [-0.39, 0.29) is 11.8 Å². The fourth-order valence-corrected chi connectivity index (χ4v) is 2.62. The summed E-state index contributed by atoms with van der Waals surface area (Å²) in [6, 6.07) is -0.870. The number of hydrogen-bond donors (Lipinski definition) is 3. The molecule has 5 nitrogen and oxygen atoms in total. The van der Waals surface area contributed by atoms with E-state index in [1.807, 2.05) is 34.6 Å². The number of carboxylic acid groups (broad SMARTS) is 1. The van der Waals surface area contributed by atoms with Crippen molar-refractivity contribution in [2.24, 2.45) is 16.7 Å². The van der Waals surface area contributed by atoms with Gasteiger partial charge in [0.1, 0.15) is 6.04 Å². The van der Waals surface area contributed by atoms with Gasteiger partial charge < -0.3 is 15.7 Å². The van der Waals surface area contributed by atoms with Gasteiger partial charge in [-0.25, -0.2) is 4.79 Å². The molecule has 1 heterocycles. The first-order valence-corrected chi connectivity index (χ1v) is 7.31. The van der Waals surface area contributed by atoms with E-state index in [0.29, 0.717) is 0 Å². The van der Waals surface area contributed by atoms with E-state index >= 15 is 0 Å². The van der Waals surface area contributed by atoms with Gasteiger partial charge in [0.05, 0.1) is 0 Å². The Hall–Kier alpha value is -1.10. The second-order valence-corrected chi connectivity index (χ2v) is 7.38. The lowest BCUT2D eigenvalue weighted by Crippen LogP contribution is -2.55. The normalized spacial score (nSPS) is 22.1. The molecule has 20 heavy (non-hydrogen) atoms. The van der Waals surface area contributed by atoms with Crippen molar-refractivity contribution in [3.63, 3.8) is 0 Å². The van der Waals surface area contributed by atoms with Gasteiger partial charge in [-0.2, -0.15) is 0 Å². The zero-order chi connectivity index (χ0) is 15.6. The Labute approximate surface area is 121 Å². The maximum absolute atomic E-state index is 12.5. The van der Waals surface area contributed by atoms with Crippen LogP contribution in [0.25, 0.3) is 0 Å². The third kappa shape index (κ3) is 3.95. The number of piperidine rings is 1. The Morgan fingerprint density at radius 2 is 1.85 bits per heavy atom. The SMILES string of the molecule is CC(C)(C)C(NC(=O)C(C)(C)C1CCCNC1)C(=O)O. The van der Waals surface area contributed by atoms with Gasteiger partial charge in [-0.15, -0.1) is 0 Å². The van der Waals surface area contributed by atoms with E-state index in [2.05, 4.69) is 10.6 Å². The molecule has 0 bridgehead atoms. The summed E-state index contributed by atoms with van der Waals surface area (Å²) < 4.78 is 0. The molecule has 3 N–H and O–H groups in total. The minimum atomic E-state index is -0.983. The molecular weight excluding hydrogens is 256 g/mol. The first-order chi connectivity index (χ1) is 9.06. The summed E-state index contributed by atoms with van der Waals surface area (Å²) in [5.41, 5.74) is -1.07. The number of aliphatic carboxylic acids is 1. The zero-order valence-corrected chi connectivity index (χ0v) is 13.2. The van der Waals surface area contributed by atoms with Crippen LogP contribution < -0.4 is 10.6 Å². The summed E-state index contributed by atoms with van der Waals surface area (Å²) in [5.74, 6) is -0.914. The molecule has 2 atom stereocenters. The molecule has 5 heteroatoms. The number of carbonyl (C=O) groups excluding carboxylic acids is 1. The number of carboxylic acids is 1. The van der Waals surface area contributed by atoms with Crippen LogP contribution in [0.3, 0.4) is 0 Å². The third-order valence-electron chi connectivity index (χ3n) is 4.29. The molecule has 0 aromatic heterocycles. The van der Waals surface area contributed by atoms with E-state index in [9.17, 15) is 14.7 Å². The highest BCUT2D eigenvalue weighted by Gasteiger charge is 2.41. The summed E-state index contributed by atoms with van der Waals surface area (Å²) in [6.07, 6.45) is 2.06. The van der Waals surface area contributed by atoms with E-state index in [1.165, 1.54) is 0 Å². The van der Waals surface area contributed by atoms with E-state index in [0.717, 1.165) is 25.9 Å². The van der Waals surface area contributed by atoms with Crippen molar-refractivity contribution in [3.8, 4) is 0 Å². The fraction of sp³-hybridized carbons (Fsp3) is 0.867. The lowest BCUT2D eigenvalue weighted by atomic mass is 9.73. The number of nitrogens with one attached hydrogen (secondary N) is 2. The van der Waals surface area contributed by atoms with Crippen molar-refractivity contribution in [1.29, 1.82) is 0 Å². The van der Waals surface area contributed by atoms with Gasteiger partial charge >= 0.3 is 5.97 Å². The highest BCUT2D eigenvalue weighted by atomic mass is 16.4. The van der Waals surface area contributed by atoms with Crippen molar-refractivity contribution in [1.82, 2.24) is 10.6 Å². The summed E-state index contributed by atoms with van der Waals surface area (Å²) in [7, 11) is 0. The molecule has 1 saturated heterocycles. The number of hydrogen-bond acceptors (Lipinski definition) is 3. The van der Waals surface area contributed by atoms with Gasteiger partial charge in [0.25, 0.3) is 0 Å². The van der Waals surface area contributed by atoms with Gasteiger partial charge in [-0.05, 0) is 37.3 Å².